The number of alkyl halides is 5. The van der Waals surface area contributed by atoms with Gasteiger partial charge in [0.25, 0.3) is 15.8 Å². The van der Waals surface area contributed by atoms with Crippen molar-refractivity contribution >= 4 is 9.84 Å². The molecule has 0 saturated heterocycles. The Morgan fingerprint density at radius 2 is 1.85 bits per heavy atom. The Bertz CT molecular complexity index is 824. The zero-order chi connectivity index (χ0) is 19.5. The fourth-order valence-corrected chi connectivity index (χ4v) is 4.64. The monoisotopic (exact) mass is 401 g/mol. The molecule has 0 radical (unpaired) electrons. The average molecular weight is 401 g/mol. The topological polar surface area (TPSA) is 87.5 Å². The van der Waals surface area contributed by atoms with Gasteiger partial charge >= 0.3 is 5.51 Å². The van der Waals surface area contributed by atoms with Crippen LogP contribution in [0.5, 0.6) is 0 Å². The second kappa shape index (κ2) is 6.10. The Hall–Kier alpha value is -1.33. The van der Waals surface area contributed by atoms with Crippen molar-refractivity contribution in [3.05, 3.63) is 22.9 Å². The first-order chi connectivity index (χ1) is 11.9. The third kappa shape index (κ3) is 2.99. The van der Waals surface area contributed by atoms with Gasteiger partial charge in [-0.2, -0.15) is 13.2 Å². The maximum Gasteiger partial charge on any atom is 0.503 e. The normalized spacial score (nSPS) is 28.8. The number of nitrogens with zero attached hydrogens (tertiary/aromatic N) is 1. The number of aromatic nitrogens is 1. The first kappa shape index (κ1) is 19.4. The third-order valence-corrected chi connectivity index (χ3v) is 6.40. The van der Waals surface area contributed by atoms with Crippen molar-refractivity contribution in [2.24, 2.45) is 0 Å². The molecule has 1 saturated carbocycles. The molecule has 11 heteroatoms. The summed E-state index contributed by atoms with van der Waals surface area (Å²) < 4.78 is 90.1. The van der Waals surface area contributed by atoms with E-state index in [2.05, 4.69) is 4.98 Å². The molecule has 0 spiro atoms. The Kier molecular flexibility index (Phi) is 4.56. The van der Waals surface area contributed by atoms with Gasteiger partial charge < -0.3 is 10.2 Å². The summed E-state index contributed by atoms with van der Waals surface area (Å²) in [6.07, 6.45) is -1.78. The highest BCUT2D eigenvalue weighted by molar-refractivity contribution is 7.92. The minimum Gasteiger partial charge on any atom is -0.393 e. The van der Waals surface area contributed by atoms with Crippen LogP contribution in [0.15, 0.2) is 11.2 Å². The van der Waals surface area contributed by atoms with E-state index in [0.29, 0.717) is 19.3 Å². The molecule has 0 bridgehead atoms. The summed E-state index contributed by atoms with van der Waals surface area (Å²) in [7, 11) is -6.00. The van der Waals surface area contributed by atoms with E-state index in [0.717, 1.165) is 6.20 Å². The van der Waals surface area contributed by atoms with Crippen LogP contribution in [0.25, 0.3) is 0 Å². The van der Waals surface area contributed by atoms with Crippen molar-refractivity contribution in [2.45, 2.75) is 66.7 Å². The molecule has 1 aromatic rings. The van der Waals surface area contributed by atoms with Crippen LogP contribution >= 0.6 is 0 Å². The zero-order valence-corrected chi connectivity index (χ0v) is 14.1. The Morgan fingerprint density at radius 1 is 1.19 bits per heavy atom. The molecule has 3 atom stereocenters. The third-order valence-electron chi connectivity index (χ3n) is 4.96. The molecule has 146 valence electrons. The van der Waals surface area contributed by atoms with Gasteiger partial charge in [0, 0.05) is 18.2 Å². The lowest BCUT2D eigenvalue weighted by Crippen LogP contribution is -2.28. The molecule has 3 rings (SSSR count). The van der Waals surface area contributed by atoms with Crippen LogP contribution < -0.4 is 0 Å². The lowest BCUT2D eigenvalue weighted by Gasteiger charge is -2.28. The van der Waals surface area contributed by atoms with Gasteiger partial charge in [-0.15, -0.1) is 0 Å². The summed E-state index contributed by atoms with van der Waals surface area (Å²) in [6, 6.07) is 0. The number of aliphatic hydroxyl groups is 2. The average Bonchev–Trinajstić information content (AvgIpc) is 2.75. The first-order valence-corrected chi connectivity index (χ1v) is 9.41. The minimum atomic E-state index is -6.00. The number of halogens is 5. The van der Waals surface area contributed by atoms with E-state index < -0.39 is 56.4 Å². The zero-order valence-electron chi connectivity index (χ0n) is 13.3. The van der Waals surface area contributed by atoms with Crippen LogP contribution in [0.4, 0.5) is 22.0 Å². The SMILES string of the molecule is O=S(=O)(c1ncc([C@@H]2CCC[C@@H](O)C2)c2c1[C@H](O)C(F)(F)C2)C(F)(F)F. The van der Waals surface area contributed by atoms with Crippen molar-refractivity contribution in [3.63, 3.8) is 0 Å². The fraction of sp³-hybridized carbons (Fsp3) is 0.667. The first-order valence-electron chi connectivity index (χ1n) is 7.93. The number of pyridine rings is 1. The second-order valence-corrected chi connectivity index (χ2v) is 8.57. The highest BCUT2D eigenvalue weighted by Gasteiger charge is 2.56. The molecule has 0 aliphatic heterocycles. The Labute approximate surface area is 145 Å². The molecule has 0 unspecified atom stereocenters. The van der Waals surface area contributed by atoms with E-state index in [1.165, 1.54) is 0 Å². The summed E-state index contributed by atoms with van der Waals surface area (Å²) in [5, 5.41) is 18.0. The van der Waals surface area contributed by atoms with Crippen molar-refractivity contribution < 1.29 is 40.6 Å². The largest absolute Gasteiger partial charge is 0.503 e. The number of aliphatic hydroxyl groups excluding tert-OH is 2. The van der Waals surface area contributed by atoms with Crippen molar-refractivity contribution in [2.75, 3.05) is 0 Å². The molecule has 1 heterocycles. The van der Waals surface area contributed by atoms with Crippen LogP contribution in [0.1, 0.15) is 54.4 Å². The number of sulfone groups is 1. The van der Waals surface area contributed by atoms with Gasteiger partial charge in [-0.1, -0.05) is 6.42 Å². The van der Waals surface area contributed by atoms with Crippen LogP contribution in [0.2, 0.25) is 0 Å². The molecule has 5 nitrogen and oxygen atoms in total. The maximum atomic E-state index is 14.0. The fourth-order valence-electron chi connectivity index (χ4n) is 3.71. The quantitative estimate of drug-likeness (QED) is 0.744. The maximum absolute atomic E-state index is 14.0. The Balaban J connectivity index is 2.19. The number of hydrogen-bond donors (Lipinski definition) is 2. The van der Waals surface area contributed by atoms with Crippen molar-refractivity contribution in [3.8, 4) is 0 Å². The highest BCUT2D eigenvalue weighted by Crippen LogP contribution is 2.50. The van der Waals surface area contributed by atoms with Gasteiger partial charge in [0.15, 0.2) is 5.03 Å². The van der Waals surface area contributed by atoms with Gasteiger partial charge in [0.05, 0.1) is 6.10 Å². The van der Waals surface area contributed by atoms with Crippen molar-refractivity contribution in [1.29, 1.82) is 0 Å². The Morgan fingerprint density at radius 3 is 2.42 bits per heavy atom. The minimum absolute atomic E-state index is 0.163. The lowest BCUT2D eigenvalue weighted by atomic mass is 9.81. The van der Waals surface area contributed by atoms with Crippen LogP contribution in [-0.4, -0.2) is 41.1 Å². The van der Waals surface area contributed by atoms with E-state index in [4.69, 9.17) is 0 Å². The standard InChI is InChI=1S/C15H16F5NO4S/c16-14(17)5-9-10(7-2-1-3-8(22)4-7)6-21-13(11(9)12(14)23)26(24,25)15(18,19)20/h6-8,12,22-23H,1-5H2/t7-,8-,12+/m1/s1. The van der Waals surface area contributed by atoms with E-state index in [1.807, 2.05) is 0 Å². The van der Waals surface area contributed by atoms with E-state index >= 15 is 0 Å². The smallest absolute Gasteiger partial charge is 0.393 e. The highest BCUT2D eigenvalue weighted by atomic mass is 32.2. The summed E-state index contributed by atoms with van der Waals surface area (Å²) >= 11 is 0. The number of hydrogen-bond acceptors (Lipinski definition) is 5. The molecule has 1 fully saturated rings. The molecular weight excluding hydrogens is 385 g/mol. The summed E-state index contributed by atoms with van der Waals surface area (Å²) in [6.45, 7) is 0. The second-order valence-electron chi connectivity index (χ2n) is 6.72. The molecular formula is C15H16F5NO4S. The number of fused-ring (bicyclic) bond motifs is 1. The number of rotatable bonds is 2. The van der Waals surface area contributed by atoms with Gasteiger partial charge in [0.1, 0.15) is 6.10 Å². The molecule has 0 amide bonds. The van der Waals surface area contributed by atoms with Crippen LogP contribution in [-0.2, 0) is 16.3 Å². The molecule has 2 aliphatic carbocycles. The molecule has 1 aromatic heterocycles. The molecule has 26 heavy (non-hydrogen) atoms. The summed E-state index contributed by atoms with van der Waals surface area (Å²) in [5.74, 6) is -4.24. The lowest BCUT2D eigenvalue weighted by molar-refractivity contribution is -0.0980. The van der Waals surface area contributed by atoms with Gasteiger partial charge in [-0.25, -0.2) is 22.2 Å². The van der Waals surface area contributed by atoms with E-state index in [9.17, 15) is 40.6 Å². The van der Waals surface area contributed by atoms with E-state index in [1.54, 1.807) is 0 Å². The predicted octanol–water partition coefficient (Wildman–Crippen LogP) is 2.62. The van der Waals surface area contributed by atoms with Crippen LogP contribution in [0, 0.1) is 0 Å². The predicted molar refractivity (Wildman–Crippen MR) is 78.3 cm³/mol. The molecule has 2 aliphatic rings. The van der Waals surface area contributed by atoms with Gasteiger partial charge in [-0.3, -0.25) is 0 Å². The van der Waals surface area contributed by atoms with Gasteiger partial charge in [-0.05, 0) is 36.3 Å². The van der Waals surface area contributed by atoms with Gasteiger partial charge in [0.2, 0.25) is 0 Å². The summed E-state index contributed by atoms with van der Waals surface area (Å²) in [4.78, 5) is 3.32. The van der Waals surface area contributed by atoms with Crippen molar-refractivity contribution in [1.82, 2.24) is 4.98 Å². The van der Waals surface area contributed by atoms with Crippen LogP contribution in [0.3, 0.4) is 0 Å². The van der Waals surface area contributed by atoms with E-state index in [-0.39, 0.29) is 17.5 Å². The molecule has 2 N–H and O–H groups in total. The molecule has 0 aromatic carbocycles. The summed E-state index contributed by atoms with van der Waals surface area (Å²) in [5.41, 5.74) is -6.87.